The lowest BCUT2D eigenvalue weighted by atomic mass is 10.1. The Hall–Kier alpha value is -4.00. The van der Waals surface area contributed by atoms with Crippen LogP contribution in [0.25, 0.3) is 40.2 Å². The van der Waals surface area contributed by atoms with Gasteiger partial charge in [0.05, 0.1) is 17.6 Å². The van der Waals surface area contributed by atoms with Crippen LogP contribution in [0.1, 0.15) is 17.7 Å². The van der Waals surface area contributed by atoms with Crippen molar-refractivity contribution in [1.82, 2.24) is 19.6 Å². The van der Waals surface area contributed by atoms with Gasteiger partial charge in [0.1, 0.15) is 17.4 Å². The first kappa shape index (κ1) is 17.1. The van der Waals surface area contributed by atoms with Gasteiger partial charge in [-0.25, -0.2) is 9.37 Å². The number of hydrogen-bond donors (Lipinski definition) is 2. The number of nitrogens with two attached hydrogens (primary N) is 1. The average molecular weight is 385 g/mol. The Labute approximate surface area is 165 Å². The van der Waals surface area contributed by atoms with Crippen LogP contribution >= 0.6 is 0 Å². The molecule has 0 aliphatic heterocycles. The van der Waals surface area contributed by atoms with Gasteiger partial charge in [-0.05, 0) is 30.7 Å². The fraction of sp³-hybridized carbons (Fsp3) is 0.0455. The van der Waals surface area contributed by atoms with Crippen LogP contribution < -0.4 is 5.73 Å². The number of rotatable bonds is 2. The summed E-state index contributed by atoms with van der Waals surface area (Å²) < 4.78 is 15.3. The summed E-state index contributed by atoms with van der Waals surface area (Å²) in [5.41, 5.74) is 11.1. The Kier molecular flexibility index (Phi) is 3.87. The number of aromatic nitrogens is 4. The molecule has 3 aromatic heterocycles. The van der Waals surface area contributed by atoms with Crippen LogP contribution in [0.15, 0.2) is 54.9 Å². The molecule has 0 unspecified atom stereocenters. The minimum atomic E-state index is -0.552. The number of anilines is 1. The normalized spacial score (nSPS) is 12.9. The number of aromatic hydroxyl groups is 1. The number of nitrogens with zero attached hydrogens (tertiary/aromatic N) is 4. The van der Waals surface area contributed by atoms with Crippen LogP contribution in [-0.2, 0) is 0 Å². The Balaban J connectivity index is 1.69. The van der Waals surface area contributed by atoms with Crippen LogP contribution in [0.4, 0.5) is 10.2 Å². The van der Waals surface area contributed by atoms with Crippen molar-refractivity contribution in [2.24, 2.45) is 0 Å². The molecule has 7 heteroatoms. The summed E-state index contributed by atoms with van der Waals surface area (Å²) in [6, 6.07) is 7.41. The highest BCUT2D eigenvalue weighted by atomic mass is 19.1. The first-order valence-electron chi connectivity index (χ1n) is 9.06. The minimum absolute atomic E-state index is 0.177. The molecule has 29 heavy (non-hydrogen) atoms. The first-order chi connectivity index (χ1) is 14.1. The molecular formula is C22H16FN5O. The summed E-state index contributed by atoms with van der Waals surface area (Å²) in [6.07, 6.45) is 12.5. The van der Waals surface area contributed by atoms with Crippen molar-refractivity contribution in [3.8, 4) is 28.1 Å². The lowest BCUT2D eigenvalue weighted by Gasteiger charge is -2.08. The van der Waals surface area contributed by atoms with Gasteiger partial charge in [0, 0.05) is 40.6 Å². The van der Waals surface area contributed by atoms with Crippen LogP contribution in [0.2, 0.25) is 0 Å². The van der Waals surface area contributed by atoms with Gasteiger partial charge in [0.2, 0.25) is 0 Å². The molecule has 5 rings (SSSR count). The van der Waals surface area contributed by atoms with E-state index in [1.54, 1.807) is 18.5 Å². The summed E-state index contributed by atoms with van der Waals surface area (Å²) in [6.45, 7) is 0. The molecule has 0 amide bonds. The molecule has 0 fully saturated rings. The lowest BCUT2D eigenvalue weighted by Crippen LogP contribution is -2.01. The van der Waals surface area contributed by atoms with Crippen molar-refractivity contribution in [2.45, 2.75) is 6.42 Å². The quantitative estimate of drug-likeness (QED) is 0.537. The largest absolute Gasteiger partial charge is 0.508 e. The molecule has 0 bridgehead atoms. The molecule has 0 saturated heterocycles. The molecule has 3 N–H and O–H groups in total. The number of phenols is 1. The molecule has 6 nitrogen and oxygen atoms in total. The summed E-state index contributed by atoms with van der Waals surface area (Å²) in [5.74, 6) is -0.377. The second-order valence-corrected chi connectivity index (χ2v) is 6.80. The van der Waals surface area contributed by atoms with Crippen LogP contribution in [0.5, 0.6) is 5.75 Å². The number of phenolic OH excluding ortho intramolecular Hbond substituents is 1. The smallest absolute Gasteiger partial charge is 0.165 e. The maximum Gasteiger partial charge on any atom is 0.165 e. The second-order valence-electron chi connectivity index (χ2n) is 6.80. The highest BCUT2D eigenvalue weighted by Gasteiger charge is 2.15. The molecule has 142 valence electrons. The molecule has 1 aromatic carbocycles. The van der Waals surface area contributed by atoms with Gasteiger partial charge in [0.15, 0.2) is 5.65 Å². The van der Waals surface area contributed by atoms with Gasteiger partial charge in [-0.1, -0.05) is 18.2 Å². The molecule has 4 aromatic rings. The lowest BCUT2D eigenvalue weighted by molar-refractivity contribution is 0.469. The Morgan fingerprint density at radius 3 is 2.72 bits per heavy atom. The summed E-state index contributed by atoms with van der Waals surface area (Å²) >= 11 is 0. The first-order valence-corrected chi connectivity index (χ1v) is 9.06. The van der Waals surface area contributed by atoms with E-state index in [9.17, 15) is 9.50 Å². The number of allylic oxidation sites excluding steroid dienone is 2. The van der Waals surface area contributed by atoms with E-state index in [2.05, 4.69) is 27.2 Å². The zero-order valence-electron chi connectivity index (χ0n) is 15.2. The molecule has 0 saturated carbocycles. The number of nitrogen functional groups attached to an aromatic ring is 1. The topological polar surface area (TPSA) is 89.3 Å². The van der Waals surface area contributed by atoms with Crippen LogP contribution in [0, 0.1) is 5.82 Å². The maximum absolute atomic E-state index is 13.7. The standard InChI is InChI=1S/C22H16FN5O/c23-16-7-14(8-17(29)9-16)20-10-21(24)28-22(27-20)18(12-26-28)15-6-13-4-2-1-3-5-19(13)25-11-15/h2-12,29H,1,24H2. The Bertz CT molecular complexity index is 1300. The fourth-order valence-electron chi connectivity index (χ4n) is 3.43. The molecule has 0 radical (unpaired) electrons. The monoisotopic (exact) mass is 385 g/mol. The van der Waals surface area contributed by atoms with E-state index in [4.69, 9.17) is 5.73 Å². The van der Waals surface area contributed by atoms with E-state index in [-0.39, 0.29) is 5.75 Å². The van der Waals surface area contributed by atoms with Crippen molar-refractivity contribution >= 4 is 23.6 Å². The van der Waals surface area contributed by atoms with Gasteiger partial charge >= 0.3 is 0 Å². The minimum Gasteiger partial charge on any atom is -0.508 e. The van der Waals surface area contributed by atoms with Gasteiger partial charge in [-0.15, -0.1) is 0 Å². The molecule has 1 aliphatic rings. The molecule has 3 heterocycles. The van der Waals surface area contributed by atoms with Gasteiger partial charge < -0.3 is 10.8 Å². The highest BCUT2D eigenvalue weighted by Crippen LogP contribution is 2.31. The third-order valence-corrected chi connectivity index (χ3v) is 4.78. The average Bonchev–Trinajstić information content (AvgIpc) is 2.98. The summed E-state index contributed by atoms with van der Waals surface area (Å²) in [4.78, 5) is 9.19. The van der Waals surface area contributed by atoms with Crippen molar-refractivity contribution in [3.05, 3.63) is 72.0 Å². The van der Waals surface area contributed by atoms with Crippen LogP contribution in [0.3, 0.4) is 0 Å². The van der Waals surface area contributed by atoms with Crippen molar-refractivity contribution < 1.29 is 9.50 Å². The summed E-state index contributed by atoms with van der Waals surface area (Å²) in [5, 5.41) is 14.1. The molecular weight excluding hydrogens is 369 g/mol. The number of hydrogen-bond acceptors (Lipinski definition) is 5. The Morgan fingerprint density at radius 1 is 1.00 bits per heavy atom. The maximum atomic E-state index is 13.7. The zero-order valence-corrected chi connectivity index (χ0v) is 15.2. The van der Waals surface area contributed by atoms with E-state index >= 15 is 0 Å². The number of pyridine rings is 1. The molecule has 1 aliphatic carbocycles. The number of halogens is 1. The highest BCUT2D eigenvalue weighted by molar-refractivity contribution is 5.82. The van der Waals surface area contributed by atoms with Gasteiger partial charge in [-0.2, -0.15) is 9.61 Å². The summed E-state index contributed by atoms with van der Waals surface area (Å²) in [7, 11) is 0. The second kappa shape index (κ2) is 6.56. The zero-order chi connectivity index (χ0) is 20.0. The van der Waals surface area contributed by atoms with Crippen molar-refractivity contribution in [3.63, 3.8) is 0 Å². The van der Waals surface area contributed by atoms with E-state index in [0.717, 1.165) is 34.9 Å². The van der Waals surface area contributed by atoms with Gasteiger partial charge in [0.25, 0.3) is 0 Å². The Morgan fingerprint density at radius 2 is 1.86 bits per heavy atom. The molecule has 0 atom stereocenters. The predicted molar refractivity (Wildman–Crippen MR) is 110 cm³/mol. The van der Waals surface area contributed by atoms with E-state index in [1.807, 2.05) is 18.2 Å². The third kappa shape index (κ3) is 3.02. The number of benzene rings is 1. The number of fused-ring (bicyclic) bond motifs is 2. The molecule has 0 spiro atoms. The van der Waals surface area contributed by atoms with Crippen LogP contribution in [-0.4, -0.2) is 24.7 Å². The van der Waals surface area contributed by atoms with E-state index in [0.29, 0.717) is 22.7 Å². The van der Waals surface area contributed by atoms with E-state index < -0.39 is 5.82 Å². The SMILES string of the molecule is Nc1cc(-c2cc(O)cc(F)c2)nc2c(-c3cnc4c(c3)C=CCC=C4)cnn12. The fourth-order valence-corrected chi connectivity index (χ4v) is 3.43. The predicted octanol–water partition coefficient (Wildman–Crippen LogP) is 4.32. The van der Waals surface area contributed by atoms with Crippen molar-refractivity contribution in [1.29, 1.82) is 0 Å². The van der Waals surface area contributed by atoms with Gasteiger partial charge in [-0.3, -0.25) is 4.98 Å². The van der Waals surface area contributed by atoms with E-state index in [1.165, 1.54) is 16.6 Å². The third-order valence-electron chi connectivity index (χ3n) is 4.78. The van der Waals surface area contributed by atoms with Crippen molar-refractivity contribution in [2.75, 3.05) is 5.73 Å².